The number of ketones is 1. The molecule has 0 saturated heterocycles. The molecule has 11 heteroatoms. The number of carbonyl (C=O) groups excluding carboxylic acids is 1. The molecule has 1 aromatic carbocycles. The molecule has 3 aromatic heterocycles. The highest BCUT2D eigenvalue weighted by molar-refractivity contribution is 6.02. The number of alkyl halides is 2. The van der Waals surface area contributed by atoms with E-state index >= 15 is 0 Å². The van der Waals surface area contributed by atoms with Gasteiger partial charge in [0.1, 0.15) is 28.5 Å². The number of halogens is 2. The van der Waals surface area contributed by atoms with Crippen LogP contribution >= 0.6 is 0 Å². The molecule has 1 aliphatic rings. The van der Waals surface area contributed by atoms with Gasteiger partial charge in [0.05, 0.1) is 19.0 Å². The van der Waals surface area contributed by atoms with Crippen LogP contribution < -0.4 is 14.2 Å². The van der Waals surface area contributed by atoms with Gasteiger partial charge < -0.3 is 18.7 Å². The number of aryl methyl sites for hydroxylation is 1. The van der Waals surface area contributed by atoms with Crippen molar-refractivity contribution in [2.45, 2.75) is 39.4 Å². The second kappa shape index (κ2) is 9.32. The maximum Gasteiger partial charge on any atom is 0.387 e. The average molecular weight is 484 g/mol. The fraction of sp³-hybridized carbons (Fsp3) is 0.333. The Morgan fingerprint density at radius 1 is 1.26 bits per heavy atom. The Labute approximate surface area is 198 Å². The molecule has 0 unspecified atom stereocenters. The number of pyridine rings is 1. The van der Waals surface area contributed by atoms with Crippen LogP contribution in [0.15, 0.2) is 41.2 Å². The van der Waals surface area contributed by atoms with Gasteiger partial charge in [-0.2, -0.15) is 13.8 Å². The molecule has 1 aliphatic carbocycles. The molecule has 0 aliphatic heterocycles. The van der Waals surface area contributed by atoms with Crippen LogP contribution in [0.25, 0.3) is 16.9 Å². The van der Waals surface area contributed by atoms with E-state index in [1.165, 1.54) is 13.2 Å². The van der Waals surface area contributed by atoms with Gasteiger partial charge in [0, 0.05) is 24.2 Å². The number of ether oxygens (including phenoxy) is 3. The molecule has 5 rings (SSSR count). The van der Waals surface area contributed by atoms with Gasteiger partial charge in [0.15, 0.2) is 18.2 Å². The molecule has 1 saturated carbocycles. The van der Waals surface area contributed by atoms with E-state index in [1.54, 1.807) is 41.9 Å². The highest BCUT2D eigenvalue weighted by Crippen LogP contribution is 2.40. The highest BCUT2D eigenvalue weighted by atomic mass is 19.3. The zero-order valence-electron chi connectivity index (χ0n) is 19.0. The van der Waals surface area contributed by atoms with Gasteiger partial charge in [-0.15, -0.1) is 0 Å². The molecule has 9 nitrogen and oxygen atoms in total. The normalized spacial score (nSPS) is 13.4. The largest absolute Gasteiger partial charge is 0.496 e. The van der Waals surface area contributed by atoms with Crippen LogP contribution in [0.4, 0.5) is 8.78 Å². The van der Waals surface area contributed by atoms with Crippen LogP contribution in [0.2, 0.25) is 0 Å². The zero-order chi connectivity index (χ0) is 24.5. The van der Waals surface area contributed by atoms with Crippen molar-refractivity contribution in [3.05, 3.63) is 53.9 Å². The SMILES string of the molecule is COc1cc(-c2cnc3cc(OCc4nc(C)no4)ccn23)cc(OC(F)F)c1C(=O)CC1CC1. The fourth-order valence-electron chi connectivity index (χ4n) is 3.86. The lowest BCUT2D eigenvalue weighted by atomic mass is 10.00. The summed E-state index contributed by atoms with van der Waals surface area (Å²) >= 11 is 0. The number of imidazole rings is 1. The molecular formula is C24H22F2N4O5. The lowest BCUT2D eigenvalue weighted by Gasteiger charge is -2.16. The Morgan fingerprint density at radius 2 is 2.06 bits per heavy atom. The second-order valence-electron chi connectivity index (χ2n) is 8.26. The summed E-state index contributed by atoms with van der Waals surface area (Å²) in [4.78, 5) is 21.3. The Morgan fingerprint density at radius 3 is 2.74 bits per heavy atom. The van der Waals surface area contributed by atoms with Crippen molar-refractivity contribution in [1.29, 1.82) is 0 Å². The minimum Gasteiger partial charge on any atom is -0.496 e. The molecule has 0 bridgehead atoms. The number of carbonyl (C=O) groups is 1. The molecular weight excluding hydrogens is 462 g/mol. The van der Waals surface area contributed by atoms with Crippen molar-refractivity contribution in [3.63, 3.8) is 0 Å². The molecule has 35 heavy (non-hydrogen) atoms. The molecule has 0 atom stereocenters. The van der Waals surface area contributed by atoms with Gasteiger partial charge in [-0.05, 0) is 43.9 Å². The first-order chi connectivity index (χ1) is 16.9. The first kappa shape index (κ1) is 22.8. The highest BCUT2D eigenvalue weighted by Gasteiger charge is 2.29. The first-order valence-electron chi connectivity index (χ1n) is 11.0. The summed E-state index contributed by atoms with van der Waals surface area (Å²) in [5.41, 5.74) is 1.69. The third-order valence-electron chi connectivity index (χ3n) is 5.66. The van der Waals surface area contributed by atoms with Crippen molar-refractivity contribution < 1.29 is 32.3 Å². The number of rotatable bonds is 10. The van der Waals surface area contributed by atoms with Gasteiger partial charge in [0.25, 0.3) is 5.89 Å². The van der Waals surface area contributed by atoms with Crippen LogP contribution in [0.3, 0.4) is 0 Å². The van der Waals surface area contributed by atoms with Crippen molar-refractivity contribution in [2.75, 3.05) is 7.11 Å². The second-order valence-corrected chi connectivity index (χ2v) is 8.26. The smallest absolute Gasteiger partial charge is 0.387 e. The summed E-state index contributed by atoms with van der Waals surface area (Å²) in [5.74, 6) is 1.36. The molecule has 4 aromatic rings. The third kappa shape index (κ3) is 4.93. The number of methoxy groups -OCH3 is 1. The van der Waals surface area contributed by atoms with Crippen LogP contribution in [0.5, 0.6) is 17.2 Å². The Kier molecular flexibility index (Phi) is 6.06. The third-order valence-corrected chi connectivity index (χ3v) is 5.66. The minimum atomic E-state index is -3.09. The van der Waals surface area contributed by atoms with E-state index in [9.17, 15) is 13.6 Å². The van der Waals surface area contributed by atoms with E-state index in [4.69, 9.17) is 18.7 Å². The van der Waals surface area contributed by atoms with E-state index in [1.807, 2.05) is 0 Å². The Hall–Kier alpha value is -4.02. The van der Waals surface area contributed by atoms with Crippen LogP contribution in [-0.2, 0) is 6.61 Å². The van der Waals surface area contributed by atoms with Crippen molar-refractivity contribution in [3.8, 4) is 28.5 Å². The standard InChI is InChI=1S/C24H22F2N4O5/c1-13-28-22(35-29-13)12-33-16-5-6-30-17(11-27-21(30)10-16)15-8-19(32-2)23(18(31)7-14-3-4-14)20(9-15)34-24(25)26/h5-6,8-11,14,24H,3-4,7,12H2,1-2H3. The van der Waals surface area contributed by atoms with Gasteiger partial charge in [0.2, 0.25) is 0 Å². The maximum absolute atomic E-state index is 13.2. The number of benzene rings is 1. The maximum atomic E-state index is 13.2. The minimum absolute atomic E-state index is 0.0317. The molecule has 182 valence electrons. The summed E-state index contributed by atoms with van der Waals surface area (Å²) in [6, 6.07) is 6.49. The van der Waals surface area contributed by atoms with E-state index in [-0.39, 0.29) is 41.8 Å². The Bertz CT molecular complexity index is 1380. The predicted molar refractivity (Wildman–Crippen MR) is 119 cm³/mol. The van der Waals surface area contributed by atoms with Crippen molar-refractivity contribution >= 4 is 11.4 Å². The molecule has 1 fully saturated rings. The molecule has 0 N–H and O–H groups in total. The quantitative estimate of drug-likeness (QED) is 0.294. The monoisotopic (exact) mass is 484 g/mol. The molecule has 0 radical (unpaired) electrons. The van der Waals surface area contributed by atoms with Crippen molar-refractivity contribution in [1.82, 2.24) is 19.5 Å². The van der Waals surface area contributed by atoms with E-state index in [2.05, 4.69) is 15.1 Å². The zero-order valence-corrected chi connectivity index (χ0v) is 19.0. The molecule has 0 amide bonds. The van der Waals surface area contributed by atoms with E-state index in [0.29, 0.717) is 34.4 Å². The van der Waals surface area contributed by atoms with Gasteiger partial charge >= 0.3 is 6.61 Å². The molecule has 3 heterocycles. The number of fused-ring (bicyclic) bond motifs is 1. The summed E-state index contributed by atoms with van der Waals surface area (Å²) in [6.07, 6.45) is 5.51. The number of hydrogen-bond donors (Lipinski definition) is 0. The van der Waals surface area contributed by atoms with Crippen molar-refractivity contribution in [2.24, 2.45) is 5.92 Å². The van der Waals surface area contributed by atoms with Crippen LogP contribution in [0, 0.1) is 12.8 Å². The number of aromatic nitrogens is 4. The van der Waals surface area contributed by atoms with E-state index in [0.717, 1.165) is 12.8 Å². The van der Waals surface area contributed by atoms with E-state index < -0.39 is 6.61 Å². The van der Waals surface area contributed by atoms with Gasteiger partial charge in [-0.1, -0.05) is 5.16 Å². The summed E-state index contributed by atoms with van der Waals surface area (Å²) < 4.78 is 49.1. The molecule has 0 spiro atoms. The number of hydrogen-bond acceptors (Lipinski definition) is 8. The van der Waals surface area contributed by atoms with Crippen LogP contribution in [0.1, 0.15) is 41.3 Å². The number of Topliss-reactive ketones (excluding diaryl/α,β-unsaturated/α-hetero) is 1. The summed E-state index contributed by atoms with van der Waals surface area (Å²) in [7, 11) is 1.39. The average Bonchev–Trinajstić information content (AvgIpc) is 3.38. The van der Waals surface area contributed by atoms with Gasteiger partial charge in [-0.25, -0.2) is 4.98 Å². The van der Waals surface area contributed by atoms with Crippen LogP contribution in [-0.4, -0.2) is 39.0 Å². The lowest BCUT2D eigenvalue weighted by molar-refractivity contribution is -0.0502. The summed E-state index contributed by atoms with van der Waals surface area (Å²) in [6.45, 7) is -1.27. The van der Waals surface area contributed by atoms with Gasteiger partial charge in [-0.3, -0.25) is 9.20 Å². The lowest BCUT2D eigenvalue weighted by Crippen LogP contribution is -2.11. The fourth-order valence-corrected chi connectivity index (χ4v) is 3.86. The first-order valence-corrected chi connectivity index (χ1v) is 11.0. The summed E-state index contributed by atoms with van der Waals surface area (Å²) in [5, 5.41) is 3.72. The number of nitrogens with zero attached hydrogens (tertiary/aromatic N) is 4. The topological polar surface area (TPSA) is 101 Å². The predicted octanol–water partition coefficient (Wildman–Crippen LogP) is 4.86. The Balaban J connectivity index is 1.47.